The van der Waals surface area contributed by atoms with Crippen molar-refractivity contribution >= 4 is 5.91 Å². The van der Waals surface area contributed by atoms with Gasteiger partial charge in [-0.3, -0.25) is 9.59 Å². The molecule has 21 heavy (non-hydrogen) atoms. The van der Waals surface area contributed by atoms with Crippen molar-refractivity contribution in [3.05, 3.63) is 52.3 Å². The van der Waals surface area contributed by atoms with Crippen molar-refractivity contribution in [3.8, 4) is 11.3 Å². The van der Waals surface area contributed by atoms with Gasteiger partial charge in [-0.25, -0.2) is 4.68 Å². The topological polar surface area (TPSA) is 55.2 Å². The van der Waals surface area contributed by atoms with E-state index in [4.69, 9.17) is 0 Å². The van der Waals surface area contributed by atoms with Crippen LogP contribution < -0.4 is 5.56 Å². The first-order valence-corrected chi connectivity index (χ1v) is 6.78. The van der Waals surface area contributed by atoms with Gasteiger partial charge in [-0.15, -0.1) is 0 Å². The van der Waals surface area contributed by atoms with E-state index < -0.39 is 6.04 Å². The summed E-state index contributed by atoms with van der Waals surface area (Å²) in [5, 5.41) is 4.33. The molecule has 110 valence electrons. The maximum absolute atomic E-state index is 12.0. The highest BCUT2D eigenvalue weighted by Gasteiger charge is 2.19. The summed E-state index contributed by atoms with van der Waals surface area (Å²) in [6.07, 6.45) is 0. The van der Waals surface area contributed by atoms with Crippen LogP contribution in [0.25, 0.3) is 11.3 Å². The van der Waals surface area contributed by atoms with E-state index in [9.17, 15) is 9.59 Å². The van der Waals surface area contributed by atoms with Gasteiger partial charge in [0.05, 0.1) is 5.69 Å². The highest BCUT2D eigenvalue weighted by molar-refractivity contribution is 5.79. The van der Waals surface area contributed by atoms with Crippen LogP contribution in [-0.4, -0.2) is 34.7 Å². The van der Waals surface area contributed by atoms with Crippen molar-refractivity contribution in [1.82, 2.24) is 14.7 Å². The van der Waals surface area contributed by atoms with Crippen LogP contribution in [0.5, 0.6) is 0 Å². The molecule has 0 radical (unpaired) electrons. The molecule has 0 spiro atoms. The summed E-state index contributed by atoms with van der Waals surface area (Å²) in [6.45, 7) is 3.69. The summed E-state index contributed by atoms with van der Waals surface area (Å²) in [7, 11) is 3.32. The Hall–Kier alpha value is -2.43. The van der Waals surface area contributed by atoms with Gasteiger partial charge < -0.3 is 4.90 Å². The molecule has 1 aromatic carbocycles. The van der Waals surface area contributed by atoms with Crippen molar-refractivity contribution in [2.24, 2.45) is 0 Å². The lowest BCUT2D eigenvalue weighted by Crippen LogP contribution is -2.36. The van der Waals surface area contributed by atoms with E-state index in [2.05, 4.69) is 5.10 Å². The van der Waals surface area contributed by atoms with Crippen molar-refractivity contribution in [2.75, 3.05) is 14.1 Å². The van der Waals surface area contributed by atoms with Gasteiger partial charge in [0.1, 0.15) is 6.04 Å². The maximum atomic E-state index is 12.0. The number of aryl methyl sites for hydroxylation is 1. The predicted molar refractivity (Wildman–Crippen MR) is 82.1 cm³/mol. The number of carbonyl (C=O) groups excluding carboxylic acids is 1. The number of likely N-dealkylation sites (N-methyl/N-ethyl adjacent to an activating group) is 1. The predicted octanol–water partition coefficient (Wildman–Crippen LogP) is 1.87. The second-order valence-electron chi connectivity index (χ2n) is 5.28. The summed E-state index contributed by atoms with van der Waals surface area (Å²) in [6, 6.07) is 10.4. The number of amides is 1. The third-order valence-electron chi connectivity index (χ3n) is 3.34. The normalized spacial score (nSPS) is 12.0. The van der Waals surface area contributed by atoms with E-state index >= 15 is 0 Å². The molecule has 1 amide bonds. The summed E-state index contributed by atoms with van der Waals surface area (Å²) in [5.41, 5.74) is 2.46. The molecule has 1 unspecified atom stereocenters. The molecule has 2 rings (SSSR count). The SMILES string of the molecule is Cc1ccc(-c2ccc(=O)n(C(C)C(=O)N(C)C)n2)cc1. The Morgan fingerprint density at radius 3 is 2.33 bits per heavy atom. The van der Waals surface area contributed by atoms with Crippen LogP contribution in [0.2, 0.25) is 0 Å². The van der Waals surface area contributed by atoms with E-state index in [-0.39, 0.29) is 11.5 Å². The van der Waals surface area contributed by atoms with Crippen LogP contribution in [0.4, 0.5) is 0 Å². The van der Waals surface area contributed by atoms with Gasteiger partial charge in [-0.2, -0.15) is 5.10 Å². The van der Waals surface area contributed by atoms with Gasteiger partial charge >= 0.3 is 0 Å². The molecular formula is C16H19N3O2. The number of benzene rings is 1. The molecule has 0 N–H and O–H groups in total. The Morgan fingerprint density at radius 1 is 1.14 bits per heavy atom. The highest BCUT2D eigenvalue weighted by Crippen LogP contribution is 2.17. The van der Waals surface area contributed by atoms with Crippen LogP contribution in [-0.2, 0) is 4.79 Å². The largest absolute Gasteiger partial charge is 0.347 e. The molecule has 1 atom stereocenters. The van der Waals surface area contributed by atoms with Gasteiger partial charge in [-0.05, 0) is 19.9 Å². The molecule has 2 aromatic rings. The smallest absolute Gasteiger partial charge is 0.267 e. The fourth-order valence-electron chi connectivity index (χ4n) is 2.06. The maximum Gasteiger partial charge on any atom is 0.267 e. The van der Waals surface area contributed by atoms with Crippen LogP contribution in [0.3, 0.4) is 0 Å². The quantitative estimate of drug-likeness (QED) is 0.865. The molecule has 0 aliphatic rings. The summed E-state index contributed by atoms with van der Waals surface area (Å²) >= 11 is 0. The average molecular weight is 285 g/mol. The average Bonchev–Trinajstić information content (AvgIpc) is 2.47. The minimum Gasteiger partial charge on any atom is -0.347 e. The molecule has 5 heteroatoms. The third-order valence-corrected chi connectivity index (χ3v) is 3.34. The highest BCUT2D eigenvalue weighted by atomic mass is 16.2. The number of rotatable bonds is 3. The fourth-order valence-corrected chi connectivity index (χ4v) is 2.06. The lowest BCUT2D eigenvalue weighted by atomic mass is 10.1. The zero-order chi connectivity index (χ0) is 15.6. The summed E-state index contributed by atoms with van der Waals surface area (Å²) < 4.78 is 1.23. The van der Waals surface area contributed by atoms with E-state index in [1.807, 2.05) is 31.2 Å². The van der Waals surface area contributed by atoms with E-state index in [1.165, 1.54) is 15.6 Å². The van der Waals surface area contributed by atoms with Crippen LogP contribution >= 0.6 is 0 Å². The van der Waals surface area contributed by atoms with Crippen molar-refractivity contribution in [2.45, 2.75) is 19.9 Å². The van der Waals surface area contributed by atoms with E-state index in [0.717, 1.165) is 11.1 Å². The van der Waals surface area contributed by atoms with E-state index in [0.29, 0.717) is 5.69 Å². The zero-order valence-electron chi connectivity index (χ0n) is 12.7. The molecule has 1 aromatic heterocycles. The van der Waals surface area contributed by atoms with Crippen molar-refractivity contribution in [1.29, 1.82) is 0 Å². The second kappa shape index (κ2) is 5.91. The Kier molecular flexibility index (Phi) is 4.21. The lowest BCUT2D eigenvalue weighted by molar-refractivity contribution is -0.132. The number of carbonyl (C=O) groups is 1. The minimum absolute atomic E-state index is 0.161. The fraction of sp³-hybridized carbons (Fsp3) is 0.312. The summed E-state index contributed by atoms with van der Waals surface area (Å²) in [4.78, 5) is 25.4. The minimum atomic E-state index is -0.627. The number of hydrogen-bond acceptors (Lipinski definition) is 3. The lowest BCUT2D eigenvalue weighted by Gasteiger charge is -2.18. The van der Waals surface area contributed by atoms with Gasteiger partial charge in [0.2, 0.25) is 5.91 Å². The third kappa shape index (κ3) is 3.18. The number of nitrogens with zero attached hydrogens (tertiary/aromatic N) is 3. The monoisotopic (exact) mass is 285 g/mol. The van der Waals surface area contributed by atoms with Gasteiger partial charge in [0.15, 0.2) is 0 Å². The zero-order valence-corrected chi connectivity index (χ0v) is 12.7. The van der Waals surface area contributed by atoms with Gasteiger partial charge in [-0.1, -0.05) is 29.8 Å². The molecule has 0 aliphatic heterocycles. The summed E-state index contributed by atoms with van der Waals surface area (Å²) in [5.74, 6) is -0.161. The first-order valence-electron chi connectivity index (χ1n) is 6.78. The Balaban J connectivity index is 2.44. The molecule has 5 nitrogen and oxygen atoms in total. The molecule has 0 fully saturated rings. The van der Waals surface area contributed by atoms with Gasteiger partial charge in [0.25, 0.3) is 5.56 Å². The van der Waals surface area contributed by atoms with E-state index in [1.54, 1.807) is 27.1 Å². The van der Waals surface area contributed by atoms with Gasteiger partial charge in [0, 0.05) is 25.7 Å². The van der Waals surface area contributed by atoms with Crippen LogP contribution in [0.15, 0.2) is 41.2 Å². The standard InChI is InChI=1S/C16H19N3O2/c1-11-5-7-13(8-6-11)14-9-10-15(20)19(17-14)12(2)16(21)18(3)4/h5-10,12H,1-4H3. The Labute approximate surface area is 123 Å². The molecule has 0 saturated heterocycles. The Morgan fingerprint density at radius 2 is 1.76 bits per heavy atom. The van der Waals surface area contributed by atoms with Crippen LogP contribution in [0, 0.1) is 6.92 Å². The van der Waals surface area contributed by atoms with Crippen LogP contribution in [0.1, 0.15) is 18.5 Å². The molecule has 0 saturated carbocycles. The van der Waals surface area contributed by atoms with Crippen molar-refractivity contribution in [3.63, 3.8) is 0 Å². The molecule has 1 heterocycles. The first-order chi connectivity index (χ1) is 9.90. The van der Waals surface area contributed by atoms with Crippen molar-refractivity contribution < 1.29 is 4.79 Å². The number of hydrogen-bond donors (Lipinski definition) is 0. The molecule has 0 bridgehead atoms. The Bertz CT molecular complexity index is 702. The molecular weight excluding hydrogens is 266 g/mol. The first kappa shape index (κ1) is 15.0. The molecule has 0 aliphatic carbocycles. The second-order valence-corrected chi connectivity index (χ2v) is 5.28. The number of aromatic nitrogens is 2.